The van der Waals surface area contributed by atoms with Crippen LogP contribution in [-0.4, -0.2) is 16.5 Å². The molecule has 4 heteroatoms. The lowest BCUT2D eigenvalue weighted by Crippen LogP contribution is -2.10. The fraction of sp³-hybridized carbons (Fsp3) is 0.600. The summed E-state index contributed by atoms with van der Waals surface area (Å²) < 4.78 is 0. The summed E-state index contributed by atoms with van der Waals surface area (Å²) in [5.74, 6) is 1.38. The molecule has 1 rings (SSSR count). The van der Waals surface area contributed by atoms with Crippen LogP contribution in [0.3, 0.4) is 0 Å². The van der Waals surface area contributed by atoms with E-state index in [9.17, 15) is 4.79 Å². The maximum absolute atomic E-state index is 10.9. The molecular weight excluding hydrogens is 178 g/mol. The van der Waals surface area contributed by atoms with E-state index in [1.165, 1.54) is 18.8 Å². The maximum Gasteiger partial charge on any atom is 0.252 e. The number of aromatic nitrogens is 2. The van der Waals surface area contributed by atoms with Crippen molar-refractivity contribution in [3.05, 3.63) is 22.7 Å². The van der Waals surface area contributed by atoms with Crippen molar-refractivity contribution >= 4 is 5.82 Å². The molecule has 0 aliphatic rings. The summed E-state index contributed by atoms with van der Waals surface area (Å²) in [7, 11) is 0. The molecule has 0 aliphatic heterocycles. The first kappa shape index (κ1) is 10.8. The number of H-pyrrole nitrogens is 1. The Hall–Kier alpha value is -1.32. The van der Waals surface area contributed by atoms with Gasteiger partial charge in [0, 0.05) is 12.6 Å². The van der Waals surface area contributed by atoms with Crippen LogP contribution >= 0.6 is 0 Å². The molecule has 78 valence electrons. The molecule has 4 nitrogen and oxygen atoms in total. The van der Waals surface area contributed by atoms with Crippen LogP contribution in [0.1, 0.15) is 26.7 Å². The van der Waals surface area contributed by atoms with Crippen molar-refractivity contribution in [3.8, 4) is 0 Å². The number of nitrogens with zero attached hydrogens (tertiary/aromatic N) is 1. The van der Waals surface area contributed by atoms with Gasteiger partial charge < -0.3 is 10.3 Å². The third kappa shape index (κ3) is 4.07. The van der Waals surface area contributed by atoms with Crippen LogP contribution in [0.4, 0.5) is 5.82 Å². The fourth-order valence-corrected chi connectivity index (χ4v) is 1.19. The normalized spacial score (nSPS) is 10.5. The minimum Gasteiger partial charge on any atom is -0.370 e. The van der Waals surface area contributed by atoms with E-state index >= 15 is 0 Å². The van der Waals surface area contributed by atoms with Crippen LogP contribution in [0.2, 0.25) is 0 Å². The molecule has 1 aromatic heterocycles. The third-order valence-corrected chi connectivity index (χ3v) is 1.94. The van der Waals surface area contributed by atoms with E-state index in [2.05, 4.69) is 29.1 Å². The Morgan fingerprint density at radius 2 is 2.36 bits per heavy atom. The molecular formula is C10H17N3O. The first-order valence-electron chi connectivity index (χ1n) is 4.97. The number of aromatic amines is 1. The molecule has 0 unspecified atom stereocenters. The average molecular weight is 195 g/mol. The SMILES string of the molecule is CC(C)CCCNc1cc(=O)[nH]cn1. The van der Waals surface area contributed by atoms with Gasteiger partial charge in [-0.1, -0.05) is 13.8 Å². The largest absolute Gasteiger partial charge is 0.370 e. The summed E-state index contributed by atoms with van der Waals surface area (Å²) in [5.41, 5.74) is -0.119. The van der Waals surface area contributed by atoms with E-state index in [4.69, 9.17) is 0 Å². The van der Waals surface area contributed by atoms with Crippen LogP contribution in [0.25, 0.3) is 0 Å². The zero-order valence-electron chi connectivity index (χ0n) is 8.71. The van der Waals surface area contributed by atoms with E-state index in [1.807, 2.05) is 0 Å². The van der Waals surface area contributed by atoms with E-state index in [1.54, 1.807) is 0 Å². The van der Waals surface area contributed by atoms with Crippen LogP contribution < -0.4 is 10.9 Å². The van der Waals surface area contributed by atoms with Gasteiger partial charge in [0.25, 0.3) is 5.56 Å². The summed E-state index contributed by atoms with van der Waals surface area (Å²) in [6.07, 6.45) is 3.70. The summed E-state index contributed by atoms with van der Waals surface area (Å²) in [4.78, 5) is 17.4. The molecule has 0 spiro atoms. The molecule has 1 aromatic rings. The average Bonchev–Trinajstić information content (AvgIpc) is 2.12. The third-order valence-electron chi connectivity index (χ3n) is 1.94. The highest BCUT2D eigenvalue weighted by atomic mass is 16.1. The number of hydrogen-bond acceptors (Lipinski definition) is 3. The molecule has 0 saturated heterocycles. The standard InChI is InChI=1S/C10H17N3O/c1-8(2)4-3-5-11-9-6-10(14)13-7-12-9/h6-8H,3-5H2,1-2H3,(H2,11,12,13,14). The van der Waals surface area contributed by atoms with Gasteiger partial charge in [-0.25, -0.2) is 4.98 Å². The van der Waals surface area contributed by atoms with Crippen LogP contribution in [-0.2, 0) is 0 Å². The monoisotopic (exact) mass is 195 g/mol. The molecule has 2 N–H and O–H groups in total. The van der Waals surface area contributed by atoms with Crippen molar-refractivity contribution in [2.45, 2.75) is 26.7 Å². The quantitative estimate of drug-likeness (QED) is 0.702. The topological polar surface area (TPSA) is 57.8 Å². The molecule has 0 aromatic carbocycles. The molecule has 0 saturated carbocycles. The van der Waals surface area contributed by atoms with Gasteiger partial charge in [0.2, 0.25) is 0 Å². The lowest BCUT2D eigenvalue weighted by atomic mass is 10.1. The zero-order valence-corrected chi connectivity index (χ0v) is 8.71. The van der Waals surface area contributed by atoms with E-state index in [0.717, 1.165) is 18.9 Å². The molecule has 0 aliphatic carbocycles. The number of hydrogen-bond donors (Lipinski definition) is 2. The lowest BCUT2D eigenvalue weighted by molar-refractivity contribution is 0.566. The Bertz CT molecular complexity index is 319. The highest BCUT2D eigenvalue weighted by molar-refractivity contribution is 5.31. The van der Waals surface area contributed by atoms with Gasteiger partial charge in [0.15, 0.2) is 0 Å². The number of nitrogens with one attached hydrogen (secondary N) is 2. The van der Waals surface area contributed by atoms with Gasteiger partial charge in [0.1, 0.15) is 5.82 Å². The molecule has 0 bridgehead atoms. The molecule has 14 heavy (non-hydrogen) atoms. The van der Waals surface area contributed by atoms with Crippen molar-refractivity contribution in [1.29, 1.82) is 0 Å². The summed E-state index contributed by atoms with van der Waals surface area (Å²) >= 11 is 0. The van der Waals surface area contributed by atoms with E-state index in [0.29, 0.717) is 5.82 Å². The summed E-state index contributed by atoms with van der Waals surface area (Å²) in [5, 5.41) is 3.11. The first-order valence-corrected chi connectivity index (χ1v) is 4.97. The van der Waals surface area contributed by atoms with E-state index < -0.39 is 0 Å². The first-order chi connectivity index (χ1) is 6.68. The Kier molecular flexibility index (Phi) is 4.16. The van der Waals surface area contributed by atoms with Gasteiger partial charge in [-0.15, -0.1) is 0 Å². The van der Waals surface area contributed by atoms with Gasteiger partial charge in [-0.05, 0) is 18.8 Å². The minimum atomic E-state index is -0.119. The highest BCUT2D eigenvalue weighted by Crippen LogP contribution is 2.03. The molecule has 0 fully saturated rings. The van der Waals surface area contributed by atoms with Crippen molar-refractivity contribution in [3.63, 3.8) is 0 Å². The number of anilines is 1. The Balaban J connectivity index is 2.28. The summed E-state index contributed by atoms with van der Waals surface area (Å²) in [6, 6.07) is 1.47. The smallest absolute Gasteiger partial charge is 0.252 e. The van der Waals surface area contributed by atoms with Crippen molar-refractivity contribution in [2.75, 3.05) is 11.9 Å². The second-order valence-electron chi connectivity index (χ2n) is 3.76. The molecule has 1 heterocycles. The van der Waals surface area contributed by atoms with Crippen LogP contribution in [0, 0.1) is 5.92 Å². The van der Waals surface area contributed by atoms with Crippen molar-refractivity contribution < 1.29 is 0 Å². The zero-order chi connectivity index (χ0) is 10.4. The second kappa shape index (κ2) is 5.42. The predicted octanol–water partition coefficient (Wildman–Crippen LogP) is 1.62. The van der Waals surface area contributed by atoms with E-state index in [-0.39, 0.29) is 5.56 Å². The van der Waals surface area contributed by atoms with Crippen LogP contribution in [0.5, 0.6) is 0 Å². The van der Waals surface area contributed by atoms with Gasteiger partial charge in [0.05, 0.1) is 6.33 Å². The molecule has 0 radical (unpaired) electrons. The molecule has 0 amide bonds. The fourth-order valence-electron chi connectivity index (χ4n) is 1.19. The Morgan fingerprint density at radius 3 is 3.00 bits per heavy atom. The summed E-state index contributed by atoms with van der Waals surface area (Å²) in [6.45, 7) is 5.27. The highest BCUT2D eigenvalue weighted by Gasteiger charge is 1.95. The van der Waals surface area contributed by atoms with Crippen molar-refractivity contribution in [1.82, 2.24) is 9.97 Å². The minimum absolute atomic E-state index is 0.119. The Morgan fingerprint density at radius 1 is 1.57 bits per heavy atom. The predicted molar refractivity (Wildman–Crippen MR) is 57.4 cm³/mol. The van der Waals surface area contributed by atoms with Crippen LogP contribution in [0.15, 0.2) is 17.2 Å². The van der Waals surface area contributed by atoms with Gasteiger partial charge >= 0.3 is 0 Å². The van der Waals surface area contributed by atoms with Gasteiger partial charge in [-0.2, -0.15) is 0 Å². The Labute approximate surface area is 83.8 Å². The molecule has 0 atom stereocenters. The maximum atomic E-state index is 10.9. The second-order valence-corrected chi connectivity index (χ2v) is 3.76. The lowest BCUT2D eigenvalue weighted by Gasteiger charge is -2.06. The van der Waals surface area contributed by atoms with Gasteiger partial charge in [-0.3, -0.25) is 4.79 Å². The van der Waals surface area contributed by atoms with Crippen molar-refractivity contribution in [2.24, 2.45) is 5.92 Å². The number of rotatable bonds is 5.